The van der Waals surface area contributed by atoms with Crippen LogP contribution in [0, 0.1) is 6.92 Å². The smallest absolute Gasteiger partial charge is 0.260 e. The summed E-state index contributed by atoms with van der Waals surface area (Å²) in [5.74, 6) is 1.96. The van der Waals surface area contributed by atoms with Crippen LogP contribution in [0.1, 0.15) is 11.6 Å². The highest BCUT2D eigenvalue weighted by Gasteiger charge is 2.14. The Morgan fingerprint density at radius 1 is 1.32 bits per heavy atom. The van der Waals surface area contributed by atoms with Crippen LogP contribution >= 0.6 is 39.0 Å². The van der Waals surface area contributed by atoms with E-state index in [0.29, 0.717) is 23.5 Å². The summed E-state index contributed by atoms with van der Waals surface area (Å²) >= 11 is 6.41. The molecule has 9 heteroatoms. The van der Waals surface area contributed by atoms with Crippen LogP contribution in [0.25, 0.3) is 21.3 Å². The van der Waals surface area contributed by atoms with Gasteiger partial charge in [-0.1, -0.05) is 45.9 Å². The van der Waals surface area contributed by atoms with Crippen LogP contribution in [-0.2, 0) is 12.3 Å². The van der Waals surface area contributed by atoms with Crippen molar-refractivity contribution in [2.45, 2.75) is 24.4 Å². The minimum atomic E-state index is -0.122. The van der Waals surface area contributed by atoms with Gasteiger partial charge in [-0.15, -0.1) is 28.1 Å². The van der Waals surface area contributed by atoms with Crippen molar-refractivity contribution in [3.05, 3.63) is 68.8 Å². The first-order chi connectivity index (χ1) is 13.6. The molecule has 0 spiro atoms. The van der Waals surface area contributed by atoms with Gasteiger partial charge in [-0.25, -0.2) is 4.98 Å². The van der Waals surface area contributed by atoms with E-state index < -0.39 is 0 Å². The summed E-state index contributed by atoms with van der Waals surface area (Å²) < 4.78 is 2.98. The van der Waals surface area contributed by atoms with E-state index in [1.807, 2.05) is 47.2 Å². The predicted octanol–water partition coefficient (Wildman–Crippen LogP) is 4.79. The van der Waals surface area contributed by atoms with Gasteiger partial charge in [0.15, 0.2) is 5.16 Å². The average Bonchev–Trinajstić information content (AvgIpc) is 3.26. The molecule has 4 rings (SSSR count). The van der Waals surface area contributed by atoms with Gasteiger partial charge in [0.1, 0.15) is 16.5 Å². The summed E-state index contributed by atoms with van der Waals surface area (Å²) in [6.45, 7) is 6.32. The number of aromatic amines is 1. The van der Waals surface area contributed by atoms with Gasteiger partial charge in [0.2, 0.25) is 0 Å². The number of allylic oxidation sites excluding steroid dienone is 1. The van der Waals surface area contributed by atoms with Crippen molar-refractivity contribution in [2.24, 2.45) is 0 Å². The molecule has 0 aliphatic carbocycles. The number of hydrogen-bond donors (Lipinski definition) is 1. The Kier molecular flexibility index (Phi) is 5.47. The molecule has 0 fully saturated rings. The third-order valence-corrected chi connectivity index (χ3v) is 6.58. The van der Waals surface area contributed by atoms with Crippen LogP contribution in [0.15, 0.2) is 56.7 Å². The van der Waals surface area contributed by atoms with Crippen LogP contribution in [-0.4, -0.2) is 24.7 Å². The van der Waals surface area contributed by atoms with Crippen molar-refractivity contribution < 1.29 is 0 Å². The van der Waals surface area contributed by atoms with Gasteiger partial charge < -0.3 is 9.55 Å². The molecule has 4 aromatic rings. The maximum atomic E-state index is 12.8. The predicted molar refractivity (Wildman–Crippen MR) is 118 cm³/mol. The minimum absolute atomic E-state index is 0.122. The number of halogens is 1. The summed E-state index contributed by atoms with van der Waals surface area (Å²) in [4.78, 5) is 21.1. The fraction of sp³-hybridized carbons (Fsp3) is 0.158. The van der Waals surface area contributed by atoms with Crippen LogP contribution in [0.5, 0.6) is 0 Å². The molecule has 0 saturated heterocycles. The van der Waals surface area contributed by atoms with Crippen LogP contribution in [0.2, 0.25) is 0 Å². The lowest BCUT2D eigenvalue weighted by Crippen LogP contribution is -2.11. The summed E-state index contributed by atoms with van der Waals surface area (Å²) in [5.41, 5.74) is 1.78. The zero-order chi connectivity index (χ0) is 19.7. The highest BCUT2D eigenvalue weighted by molar-refractivity contribution is 9.10. The number of hydrogen-bond acceptors (Lipinski definition) is 6. The van der Waals surface area contributed by atoms with Gasteiger partial charge >= 0.3 is 0 Å². The normalized spacial score (nSPS) is 11.2. The molecule has 28 heavy (non-hydrogen) atoms. The van der Waals surface area contributed by atoms with Gasteiger partial charge in [-0.05, 0) is 24.6 Å². The molecule has 6 nitrogen and oxygen atoms in total. The van der Waals surface area contributed by atoms with E-state index in [4.69, 9.17) is 0 Å². The maximum absolute atomic E-state index is 12.8. The molecule has 0 aliphatic rings. The Morgan fingerprint density at radius 2 is 2.11 bits per heavy atom. The van der Waals surface area contributed by atoms with Gasteiger partial charge in [0.05, 0.1) is 11.1 Å². The fourth-order valence-electron chi connectivity index (χ4n) is 2.84. The van der Waals surface area contributed by atoms with Crippen molar-refractivity contribution in [3.8, 4) is 11.1 Å². The number of aromatic nitrogens is 5. The molecular formula is C19H16BrN5OS2. The van der Waals surface area contributed by atoms with Gasteiger partial charge in [-0.3, -0.25) is 4.79 Å². The maximum Gasteiger partial charge on any atom is 0.260 e. The van der Waals surface area contributed by atoms with Crippen molar-refractivity contribution in [2.75, 3.05) is 0 Å². The van der Waals surface area contributed by atoms with Gasteiger partial charge in [0, 0.05) is 22.0 Å². The third-order valence-electron chi connectivity index (χ3n) is 4.20. The zero-order valence-electron chi connectivity index (χ0n) is 15.0. The van der Waals surface area contributed by atoms with Crippen LogP contribution in [0.4, 0.5) is 0 Å². The monoisotopic (exact) mass is 473 g/mol. The third kappa shape index (κ3) is 3.69. The molecular weight excluding hydrogens is 458 g/mol. The Hall–Kier alpha value is -2.23. The largest absolute Gasteiger partial charge is 0.309 e. The van der Waals surface area contributed by atoms with E-state index in [2.05, 4.69) is 42.7 Å². The highest BCUT2D eigenvalue weighted by atomic mass is 79.9. The van der Waals surface area contributed by atoms with Crippen molar-refractivity contribution in [1.82, 2.24) is 24.7 Å². The molecule has 1 N–H and O–H groups in total. The molecule has 0 aliphatic heterocycles. The van der Waals surface area contributed by atoms with E-state index in [9.17, 15) is 4.79 Å². The minimum Gasteiger partial charge on any atom is -0.309 e. The van der Waals surface area contributed by atoms with Crippen LogP contribution < -0.4 is 5.56 Å². The number of benzene rings is 1. The van der Waals surface area contributed by atoms with E-state index in [1.54, 1.807) is 0 Å². The van der Waals surface area contributed by atoms with Crippen molar-refractivity contribution in [1.29, 1.82) is 0 Å². The first-order valence-electron chi connectivity index (χ1n) is 8.46. The second-order valence-electron chi connectivity index (χ2n) is 6.07. The fourth-order valence-corrected chi connectivity index (χ4v) is 4.94. The lowest BCUT2D eigenvalue weighted by atomic mass is 10.1. The average molecular weight is 474 g/mol. The second kappa shape index (κ2) is 8.02. The molecule has 0 unspecified atom stereocenters. The lowest BCUT2D eigenvalue weighted by molar-refractivity contribution is 0.703. The van der Waals surface area contributed by atoms with Crippen molar-refractivity contribution in [3.63, 3.8) is 0 Å². The summed E-state index contributed by atoms with van der Waals surface area (Å²) in [6.07, 6.45) is 1.81. The van der Waals surface area contributed by atoms with Crippen molar-refractivity contribution >= 4 is 49.2 Å². The van der Waals surface area contributed by atoms with Crippen LogP contribution in [0.3, 0.4) is 0 Å². The topological polar surface area (TPSA) is 76.5 Å². The molecule has 1 aromatic carbocycles. The second-order valence-corrected chi connectivity index (χ2v) is 8.78. The summed E-state index contributed by atoms with van der Waals surface area (Å²) in [7, 11) is 0. The quantitative estimate of drug-likeness (QED) is 0.321. The standard InChI is InChI=1S/C19H16BrN5OS2/c1-3-8-25-11(2)23-24-19(25)28-10-15-21-17(26)16-14(9-27-18(16)22-15)12-4-6-13(20)7-5-12/h3-7,9H,1,8,10H2,2H3,(H,21,22,26). The number of rotatable bonds is 6. The molecule has 0 saturated carbocycles. The summed E-state index contributed by atoms with van der Waals surface area (Å²) in [6, 6.07) is 7.91. The number of nitrogens with zero attached hydrogens (tertiary/aromatic N) is 4. The number of nitrogens with one attached hydrogen (secondary N) is 1. The van der Waals surface area contributed by atoms with Gasteiger partial charge in [-0.2, -0.15) is 0 Å². The molecule has 0 atom stereocenters. The number of fused-ring (bicyclic) bond motifs is 1. The van der Waals surface area contributed by atoms with E-state index in [-0.39, 0.29) is 5.56 Å². The Balaban J connectivity index is 1.63. The lowest BCUT2D eigenvalue weighted by Gasteiger charge is -2.05. The van der Waals surface area contributed by atoms with Gasteiger partial charge in [0.25, 0.3) is 5.56 Å². The first kappa shape index (κ1) is 19.1. The SMILES string of the molecule is C=CCn1c(C)nnc1SCc1nc2scc(-c3ccc(Br)cc3)c2c(=O)[nH]1. The molecule has 0 amide bonds. The number of thioether (sulfide) groups is 1. The molecule has 0 bridgehead atoms. The Labute approximate surface area is 177 Å². The number of thiophene rings is 1. The Bertz CT molecular complexity index is 1210. The molecule has 3 aromatic heterocycles. The van der Waals surface area contributed by atoms with E-state index in [0.717, 1.165) is 31.4 Å². The van der Waals surface area contributed by atoms with E-state index in [1.165, 1.54) is 23.1 Å². The number of H-pyrrole nitrogens is 1. The Morgan fingerprint density at radius 3 is 2.86 bits per heavy atom. The zero-order valence-corrected chi connectivity index (χ0v) is 18.2. The molecule has 0 radical (unpaired) electrons. The molecule has 142 valence electrons. The molecule has 3 heterocycles. The first-order valence-corrected chi connectivity index (χ1v) is 11.1. The highest BCUT2D eigenvalue weighted by Crippen LogP contribution is 2.32. The number of aryl methyl sites for hydroxylation is 1. The van der Waals surface area contributed by atoms with E-state index >= 15 is 0 Å². The summed E-state index contributed by atoms with van der Waals surface area (Å²) in [5, 5.41) is 11.7.